The summed E-state index contributed by atoms with van der Waals surface area (Å²) in [7, 11) is 0. The Morgan fingerprint density at radius 1 is 1.32 bits per heavy atom. The van der Waals surface area contributed by atoms with Crippen molar-refractivity contribution in [2.45, 2.75) is 45.3 Å². The Labute approximate surface area is 122 Å². The van der Waals surface area contributed by atoms with E-state index < -0.39 is 0 Å². The van der Waals surface area contributed by atoms with Gasteiger partial charge in [0.25, 0.3) is 0 Å². The zero-order valence-corrected chi connectivity index (χ0v) is 13.0. The van der Waals surface area contributed by atoms with Crippen molar-refractivity contribution in [3.63, 3.8) is 0 Å². The molecule has 4 rings (SSSR count). The van der Waals surface area contributed by atoms with Gasteiger partial charge in [0.15, 0.2) is 0 Å². The van der Waals surface area contributed by atoms with Crippen LogP contribution in [0.5, 0.6) is 0 Å². The standard InChI is InChI=1S/C15H21BrN2O/c1-7(2)18-14(10(16)6-17-18)15(19)13-11-8-3-4-9(5-8)12(11)13/h6-9,11-13,15,19H,3-5H2,1-2H3. The van der Waals surface area contributed by atoms with Gasteiger partial charge >= 0.3 is 0 Å². The Hall–Kier alpha value is -0.350. The molecule has 1 aromatic heterocycles. The molecule has 0 saturated heterocycles. The van der Waals surface area contributed by atoms with Crippen molar-refractivity contribution < 1.29 is 5.11 Å². The predicted molar refractivity (Wildman–Crippen MR) is 76.6 cm³/mol. The second-order valence-electron chi connectivity index (χ2n) is 6.93. The van der Waals surface area contributed by atoms with E-state index in [1.165, 1.54) is 19.3 Å². The molecule has 1 heterocycles. The lowest BCUT2D eigenvalue weighted by atomic mass is 9.97. The number of aromatic nitrogens is 2. The molecule has 3 aliphatic carbocycles. The average Bonchev–Trinajstić information content (AvgIpc) is 2.72. The molecule has 0 radical (unpaired) electrons. The highest BCUT2D eigenvalue weighted by molar-refractivity contribution is 9.10. The second kappa shape index (κ2) is 4.08. The van der Waals surface area contributed by atoms with Crippen molar-refractivity contribution in [2.75, 3.05) is 0 Å². The lowest BCUT2D eigenvalue weighted by Gasteiger charge is -2.19. The molecule has 3 fully saturated rings. The third-order valence-electron chi connectivity index (χ3n) is 5.72. The Balaban J connectivity index is 1.62. The van der Waals surface area contributed by atoms with Crippen molar-refractivity contribution in [3.05, 3.63) is 16.4 Å². The summed E-state index contributed by atoms with van der Waals surface area (Å²) < 4.78 is 2.94. The van der Waals surface area contributed by atoms with Crippen molar-refractivity contribution in [1.82, 2.24) is 9.78 Å². The maximum atomic E-state index is 10.8. The van der Waals surface area contributed by atoms with Crippen LogP contribution in [0.2, 0.25) is 0 Å². The van der Waals surface area contributed by atoms with Gasteiger partial charge in [-0.2, -0.15) is 5.10 Å². The highest BCUT2D eigenvalue weighted by Gasteiger charge is 2.67. The van der Waals surface area contributed by atoms with E-state index in [1.807, 2.05) is 10.9 Å². The summed E-state index contributed by atoms with van der Waals surface area (Å²) in [6.45, 7) is 4.24. The summed E-state index contributed by atoms with van der Waals surface area (Å²) in [5.74, 6) is 3.91. The smallest absolute Gasteiger partial charge is 0.100 e. The van der Waals surface area contributed by atoms with E-state index in [-0.39, 0.29) is 6.10 Å². The summed E-state index contributed by atoms with van der Waals surface area (Å²) in [6.07, 6.45) is 5.73. The van der Waals surface area contributed by atoms with Crippen LogP contribution in [-0.2, 0) is 0 Å². The van der Waals surface area contributed by atoms with Crippen LogP contribution in [0.1, 0.15) is 50.9 Å². The summed E-state index contributed by atoms with van der Waals surface area (Å²) in [4.78, 5) is 0. The van der Waals surface area contributed by atoms with Gasteiger partial charge < -0.3 is 5.11 Å². The molecule has 5 atom stereocenters. The molecule has 3 nitrogen and oxygen atoms in total. The summed E-state index contributed by atoms with van der Waals surface area (Å²) in [6, 6.07) is 0.297. The van der Waals surface area contributed by atoms with E-state index in [9.17, 15) is 5.11 Å². The number of hydrogen-bond donors (Lipinski definition) is 1. The quantitative estimate of drug-likeness (QED) is 0.923. The summed E-state index contributed by atoms with van der Waals surface area (Å²) >= 11 is 3.56. The molecule has 3 saturated carbocycles. The van der Waals surface area contributed by atoms with E-state index in [1.54, 1.807) is 0 Å². The fourth-order valence-electron chi connectivity index (χ4n) is 5.04. The maximum Gasteiger partial charge on any atom is 0.100 e. The van der Waals surface area contributed by atoms with Crippen molar-refractivity contribution in [3.8, 4) is 0 Å². The average molecular weight is 325 g/mol. The normalized spacial score (nSPS) is 40.8. The van der Waals surface area contributed by atoms with E-state index in [0.717, 1.165) is 33.8 Å². The number of aliphatic hydroxyl groups is 1. The van der Waals surface area contributed by atoms with Crippen molar-refractivity contribution in [1.29, 1.82) is 0 Å². The molecule has 2 bridgehead atoms. The van der Waals surface area contributed by atoms with Gasteiger partial charge in [-0.25, -0.2) is 0 Å². The number of fused-ring (bicyclic) bond motifs is 5. The zero-order chi connectivity index (χ0) is 13.3. The Bertz CT molecular complexity index is 496. The molecular weight excluding hydrogens is 304 g/mol. The molecule has 19 heavy (non-hydrogen) atoms. The fraction of sp³-hybridized carbons (Fsp3) is 0.800. The molecule has 5 unspecified atom stereocenters. The highest BCUT2D eigenvalue weighted by atomic mass is 79.9. The molecule has 3 aliphatic rings. The first-order chi connectivity index (χ1) is 9.09. The van der Waals surface area contributed by atoms with Crippen LogP contribution in [0.25, 0.3) is 0 Å². The SMILES string of the molecule is CC(C)n1ncc(Br)c1C(O)C1C2C3CCC(C3)C21. The van der Waals surface area contributed by atoms with Gasteiger partial charge in [-0.15, -0.1) is 0 Å². The molecule has 0 aromatic carbocycles. The highest BCUT2D eigenvalue weighted by Crippen LogP contribution is 2.72. The van der Waals surface area contributed by atoms with Crippen molar-refractivity contribution in [2.24, 2.45) is 29.6 Å². The summed E-state index contributed by atoms with van der Waals surface area (Å²) in [5, 5.41) is 15.2. The maximum absolute atomic E-state index is 10.8. The Kier molecular flexibility index (Phi) is 2.66. The largest absolute Gasteiger partial charge is 0.386 e. The molecule has 1 aromatic rings. The third-order valence-corrected chi connectivity index (χ3v) is 6.33. The van der Waals surface area contributed by atoms with Gasteiger partial charge in [0.05, 0.1) is 16.4 Å². The van der Waals surface area contributed by atoms with E-state index in [0.29, 0.717) is 12.0 Å². The molecule has 0 spiro atoms. The molecule has 0 aliphatic heterocycles. The van der Waals surface area contributed by atoms with Crippen LogP contribution in [-0.4, -0.2) is 14.9 Å². The van der Waals surface area contributed by atoms with E-state index >= 15 is 0 Å². The molecule has 104 valence electrons. The van der Waals surface area contributed by atoms with Crippen LogP contribution in [0.4, 0.5) is 0 Å². The van der Waals surface area contributed by atoms with Crippen LogP contribution in [0.15, 0.2) is 10.7 Å². The fourth-order valence-corrected chi connectivity index (χ4v) is 5.54. The van der Waals surface area contributed by atoms with Crippen LogP contribution >= 0.6 is 15.9 Å². The van der Waals surface area contributed by atoms with Gasteiger partial charge in [0, 0.05) is 6.04 Å². The lowest BCUT2D eigenvalue weighted by molar-refractivity contribution is 0.118. The topological polar surface area (TPSA) is 38.0 Å². The Morgan fingerprint density at radius 2 is 1.95 bits per heavy atom. The van der Waals surface area contributed by atoms with E-state index in [4.69, 9.17) is 0 Å². The monoisotopic (exact) mass is 324 g/mol. The molecule has 4 heteroatoms. The second-order valence-corrected chi connectivity index (χ2v) is 7.78. The van der Waals surface area contributed by atoms with E-state index in [2.05, 4.69) is 34.9 Å². The van der Waals surface area contributed by atoms with Crippen LogP contribution < -0.4 is 0 Å². The minimum atomic E-state index is -0.335. The minimum Gasteiger partial charge on any atom is -0.386 e. The number of nitrogens with zero attached hydrogens (tertiary/aromatic N) is 2. The lowest BCUT2D eigenvalue weighted by Crippen LogP contribution is -2.16. The van der Waals surface area contributed by atoms with Gasteiger partial charge in [-0.05, 0) is 78.6 Å². The number of hydrogen-bond acceptors (Lipinski definition) is 2. The predicted octanol–water partition coefficient (Wildman–Crippen LogP) is 3.55. The number of aliphatic hydroxyl groups excluding tert-OH is 1. The van der Waals surface area contributed by atoms with Gasteiger partial charge in [-0.3, -0.25) is 4.68 Å². The minimum absolute atomic E-state index is 0.297. The van der Waals surface area contributed by atoms with Gasteiger partial charge in [-0.1, -0.05) is 0 Å². The number of rotatable bonds is 3. The van der Waals surface area contributed by atoms with Gasteiger partial charge in [0.2, 0.25) is 0 Å². The Morgan fingerprint density at radius 3 is 2.53 bits per heavy atom. The van der Waals surface area contributed by atoms with Gasteiger partial charge in [0.1, 0.15) is 6.10 Å². The molecule has 0 amide bonds. The first-order valence-electron chi connectivity index (χ1n) is 7.50. The summed E-state index contributed by atoms with van der Waals surface area (Å²) in [5.41, 5.74) is 0.994. The van der Waals surface area contributed by atoms with Crippen molar-refractivity contribution >= 4 is 15.9 Å². The zero-order valence-electron chi connectivity index (χ0n) is 11.5. The third kappa shape index (κ3) is 1.62. The molecular formula is C15H21BrN2O. The number of halogens is 1. The molecule has 1 N–H and O–H groups in total. The van der Waals surface area contributed by atoms with Crippen LogP contribution in [0.3, 0.4) is 0 Å². The first kappa shape index (κ1) is 12.4. The van der Waals surface area contributed by atoms with Crippen LogP contribution in [0, 0.1) is 29.6 Å². The first-order valence-corrected chi connectivity index (χ1v) is 8.30.